The van der Waals surface area contributed by atoms with Crippen molar-refractivity contribution in [3.8, 4) is 0 Å². The molecule has 3 fully saturated rings. The molecule has 1 amide bonds. The van der Waals surface area contributed by atoms with Crippen molar-refractivity contribution in [2.45, 2.75) is 38.5 Å². The Balaban J connectivity index is 1.45. The van der Waals surface area contributed by atoms with Gasteiger partial charge in [0.25, 0.3) is 5.91 Å². The molecule has 3 aliphatic heterocycles. The van der Waals surface area contributed by atoms with Crippen molar-refractivity contribution in [1.29, 1.82) is 0 Å². The number of nitrogens with one attached hydrogen (secondary N) is 1. The summed E-state index contributed by atoms with van der Waals surface area (Å²) in [7, 11) is 0. The fourth-order valence-electron chi connectivity index (χ4n) is 5.10. The number of rotatable bonds is 5. The summed E-state index contributed by atoms with van der Waals surface area (Å²) < 4.78 is 0. The fraction of sp³-hybridized carbons (Fsp3) is 0.480. The van der Waals surface area contributed by atoms with Gasteiger partial charge >= 0.3 is 0 Å². The number of hydrogen-bond acceptors (Lipinski definition) is 4. The number of para-hydroxylation sites is 1. The van der Waals surface area contributed by atoms with E-state index in [1.165, 1.54) is 49.9 Å². The van der Waals surface area contributed by atoms with E-state index >= 15 is 0 Å². The van der Waals surface area contributed by atoms with Crippen molar-refractivity contribution >= 4 is 28.7 Å². The number of hydrogen-bond donors (Lipinski definition) is 1. The molecule has 3 saturated heterocycles. The maximum Gasteiger partial charge on any atom is 0.255 e. The van der Waals surface area contributed by atoms with Crippen molar-refractivity contribution in [2.75, 3.05) is 59.3 Å². The molecule has 0 saturated carbocycles. The molecule has 2 aromatic rings. The number of carbonyl (C=O) groups is 1. The average Bonchev–Trinajstić information content (AvgIpc) is 3.57. The zero-order chi connectivity index (χ0) is 20.3. The second kappa shape index (κ2) is 8.58. The molecule has 5 heteroatoms. The van der Waals surface area contributed by atoms with Gasteiger partial charge in [-0.1, -0.05) is 12.1 Å². The molecule has 158 valence electrons. The lowest BCUT2D eigenvalue weighted by Gasteiger charge is -2.28. The van der Waals surface area contributed by atoms with Gasteiger partial charge in [-0.2, -0.15) is 0 Å². The quantitative estimate of drug-likeness (QED) is 0.781. The Bertz CT molecular complexity index is 860. The lowest BCUT2D eigenvalue weighted by molar-refractivity contribution is 0.102. The van der Waals surface area contributed by atoms with Gasteiger partial charge in [0.15, 0.2) is 0 Å². The van der Waals surface area contributed by atoms with Crippen LogP contribution in [-0.4, -0.2) is 45.2 Å². The van der Waals surface area contributed by atoms with Crippen molar-refractivity contribution in [3.05, 3.63) is 48.0 Å². The molecule has 0 radical (unpaired) electrons. The van der Waals surface area contributed by atoms with Gasteiger partial charge in [0.1, 0.15) is 0 Å². The zero-order valence-electron chi connectivity index (χ0n) is 17.8. The Hall–Kier alpha value is -2.69. The van der Waals surface area contributed by atoms with Gasteiger partial charge in [0.05, 0.1) is 17.1 Å². The molecule has 0 aliphatic carbocycles. The number of benzene rings is 2. The predicted molar refractivity (Wildman–Crippen MR) is 125 cm³/mol. The molecule has 5 nitrogen and oxygen atoms in total. The third-order valence-electron chi connectivity index (χ3n) is 6.73. The molecule has 0 bridgehead atoms. The summed E-state index contributed by atoms with van der Waals surface area (Å²) >= 11 is 0. The minimum atomic E-state index is -0.0110. The van der Waals surface area contributed by atoms with Crippen LogP contribution in [-0.2, 0) is 0 Å². The maximum absolute atomic E-state index is 13.3. The molecule has 3 heterocycles. The Morgan fingerprint density at radius 1 is 0.667 bits per heavy atom. The van der Waals surface area contributed by atoms with Gasteiger partial charge in [0, 0.05) is 50.5 Å². The lowest BCUT2D eigenvalue weighted by Crippen LogP contribution is -2.25. The van der Waals surface area contributed by atoms with Crippen molar-refractivity contribution in [2.24, 2.45) is 0 Å². The standard InChI is InChI=1S/C25H32N4O/c30-25(20-9-7-10-21(19-20)27-13-1-2-14-27)26-24-22(28-15-3-4-16-28)11-8-12-23(24)29-17-5-6-18-29/h7-12,19H,1-6,13-18H2,(H,26,30). The normalized spacial score (nSPS) is 19.0. The first-order chi connectivity index (χ1) is 14.8. The van der Waals surface area contributed by atoms with E-state index in [0.717, 1.165) is 56.2 Å². The minimum absolute atomic E-state index is 0.0110. The third kappa shape index (κ3) is 3.85. The monoisotopic (exact) mass is 404 g/mol. The second-order valence-corrected chi connectivity index (χ2v) is 8.76. The van der Waals surface area contributed by atoms with Crippen LogP contribution in [0.15, 0.2) is 42.5 Å². The van der Waals surface area contributed by atoms with Crippen LogP contribution >= 0.6 is 0 Å². The summed E-state index contributed by atoms with van der Waals surface area (Å²) in [4.78, 5) is 20.6. The fourth-order valence-corrected chi connectivity index (χ4v) is 5.10. The highest BCUT2D eigenvalue weighted by Gasteiger charge is 2.24. The SMILES string of the molecule is O=C(Nc1c(N2CCCC2)cccc1N1CCCC1)c1cccc(N2CCCC2)c1. The molecule has 1 N–H and O–H groups in total. The molecular formula is C25H32N4O. The first-order valence-electron chi connectivity index (χ1n) is 11.6. The van der Waals surface area contributed by atoms with E-state index in [1.54, 1.807) is 0 Å². The number of anilines is 4. The molecule has 5 rings (SSSR count). The molecule has 0 unspecified atom stereocenters. The van der Waals surface area contributed by atoms with E-state index in [4.69, 9.17) is 0 Å². The van der Waals surface area contributed by atoms with Crippen molar-refractivity contribution < 1.29 is 4.79 Å². The summed E-state index contributed by atoms with van der Waals surface area (Å²) in [6.07, 6.45) is 7.36. The predicted octanol–water partition coefficient (Wildman–Crippen LogP) is 4.74. The zero-order valence-corrected chi connectivity index (χ0v) is 17.8. The maximum atomic E-state index is 13.3. The molecule has 0 spiro atoms. The van der Waals surface area contributed by atoms with Crippen LogP contribution in [0, 0.1) is 0 Å². The molecule has 0 aromatic heterocycles. The average molecular weight is 405 g/mol. The largest absolute Gasteiger partial charge is 0.372 e. The van der Waals surface area contributed by atoms with Crippen molar-refractivity contribution in [1.82, 2.24) is 0 Å². The van der Waals surface area contributed by atoms with E-state index in [-0.39, 0.29) is 5.91 Å². The molecule has 2 aromatic carbocycles. The van der Waals surface area contributed by atoms with Gasteiger partial charge in [-0.05, 0) is 68.9 Å². The van der Waals surface area contributed by atoms with E-state index in [9.17, 15) is 4.79 Å². The van der Waals surface area contributed by atoms with E-state index in [2.05, 4.69) is 50.3 Å². The van der Waals surface area contributed by atoms with E-state index < -0.39 is 0 Å². The van der Waals surface area contributed by atoms with Crippen LogP contribution < -0.4 is 20.0 Å². The Morgan fingerprint density at radius 2 is 1.17 bits per heavy atom. The van der Waals surface area contributed by atoms with Gasteiger partial charge in [-0.15, -0.1) is 0 Å². The van der Waals surface area contributed by atoms with Gasteiger partial charge < -0.3 is 20.0 Å². The first kappa shape index (κ1) is 19.3. The minimum Gasteiger partial charge on any atom is -0.372 e. The third-order valence-corrected chi connectivity index (χ3v) is 6.73. The van der Waals surface area contributed by atoms with Crippen molar-refractivity contribution in [3.63, 3.8) is 0 Å². The van der Waals surface area contributed by atoms with E-state index in [1.807, 2.05) is 12.1 Å². The molecular weight excluding hydrogens is 372 g/mol. The van der Waals surface area contributed by atoms with Gasteiger partial charge in [-0.3, -0.25) is 4.79 Å². The highest BCUT2D eigenvalue weighted by molar-refractivity contribution is 6.08. The summed E-state index contributed by atoms with van der Waals surface area (Å²) in [5.74, 6) is -0.0110. The van der Waals surface area contributed by atoms with Crippen LogP contribution in [0.25, 0.3) is 0 Å². The Morgan fingerprint density at radius 3 is 1.73 bits per heavy atom. The summed E-state index contributed by atoms with van der Waals surface area (Å²) in [6.45, 7) is 6.44. The lowest BCUT2D eigenvalue weighted by atomic mass is 10.1. The van der Waals surface area contributed by atoms with Crippen LogP contribution in [0.5, 0.6) is 0 Å². The summed E-state index contributed by atoms with van der Waals surface area (Å²) in [6, 6.07) is 14.6. The van der Waals surface area contributed by atoms with Crippen LogP contribution in [0.2, 0.25) is 0 Å². The van der Waals surface area contributed by atoms with Gasteiger partial charge in [0.2, 0.25) is 0 Å². The Kier molecular flexibility index (Phi) is 5.52. The molecule has 3 aliphatic rings. The van der Waals surface area contributed by atoms with Crippen LogP contribution in [0.4, 0.5) is 22.7 Å². The number of carbonyl (C=O) groups excluding carboxylic acids is 1. The number of nitrogens with zero attached hydrogens (tertiary/aromatic N) is 3. The van der Waals surface area contributed by atoms with Gasteiger partial charge in [-0.25, -0.2) is 0 Å². The molecule has 0 atom stereocenters. The van der Waals surface area contributed by atoms with Crippen LogP contribution in [0.3, 0.4) is 0 Å². The highest BCUT2D eigenvalue weighted by Crippen LogP contribution is 2.39. The number of amides is 1. The Labute approximate surface area is 179 Å². The van der Waals surface area contributed by atoms with Crippen LogP contribution in [0.1, 0.15) is 48.9 Å². The van der Waals surface area contributed by atoms with E-state index in [0.29, 0.717) is 0 Å². The summed E-state index contributed by atoms with van der Waals surface area (Å²) in [5.41, 5.74) is 5.22. The molecule has 30 heavy (non-hydrogen) atoms. The first-order valence-corrected chi connectivity index (χ1v) is 11.6. The second-order valence-electron chi connectivity index (χ2n) is 8.76. The topological polar surface area (TPSA) is 38.8 Å². The smallest absolute Gasteiger partial charge is 0.255 e. The highest BCUT2D eigenvalue weighted by atomic mass is 16.1. The summed E-state index contributed by atoms with van der Waals surface area (Å²) in [5, 5.41) is 3.33.